The molecule has 1 saturated carbocycles. The van der Waals surface area contributed by atoms with Gasteiger partial charge in [0.15, 0.2) is 0 Å². The lowest BCUT2D eigenvalue weighted by atomic mass is 9.91. The van der Waals surface area contributed by atoms with Crippen molar-refractivity contribution in [2.45, 2.75) is 103 Å². The molecular weight excluding hydrogens is 418 g/mol. The van der Waals surface area contributed by atoms with Gasteiger partial charge in [-0.1, -0.05) is 56.5 Å². The highest BCUT2D eigenvalue weighted by Crippen LogP contribution is 2.32. The summed E-state index contributed by atoms with van der Waals surface area (Å²) in [6.45, 7) is 10.9. The van der Waals surface area contributed by atoms with E-state index in [1.165, 1.54) is 6.42 Å². The third-order valence-corrected chi connectivity index (χ3v) is 6.14. The lowest BCUT2D eigenvalue weighted by molar-refractivity contribution is -0.147. The molecule has 1 aromatic rings. The standard InChI is InChI=1S/C26H41N3O4/c1-7-26(5,6)29(21(30)18-27-24(32)33-25(2,3)4)22(19-14-10-8-11-15-19)23(31)28-20-16-12-9-13-17-20/h8,10-11,14-15,20,22H,7,9,12-13,16-18H2,1-6H3,(H,27,32)(H,28,31). The Morgan fingerprint density at radius 1 is 1.03 bits per heavy atom. The van der Waals surface area contributed by atoms with Crippen LogP contribution in [0.3, 0.4) is 0 Å². The number of hydrogen-bond acceptors (Lipinski definition) is 4. The second-order valence-electron chi connectivity index (χ2n) is 10.4. The van der Waals surface area contributed by atoms with Crippen molar-refractivity contribution in [1.82, 2.24) is 15.5 Å². The fraction of sp³-hybridized carbons (Fsp3) is 0.654. The monoisotopic (exact) mass is 459 g/mol. The van der Waals surface area contributed by atoms with Crippen LogP contribution in [-0.2, 0) is 14.3 Å². The number of nitrogens with one attached hydrogen (secondary N) is 2. The number of benzene rings is 1. The van der Waals surface area contributed by atoms with Crippen LogP contribution in [-0.4, -0.2) is 46.5 Å². The van der Waals surface area contributed by atoms with Crippen LogP contribution < -0.4 is 10.6 Å². The predicted molar refractivity (Wildman–Crippen MR) is 130 cm³/mol. The van der Waals surface area contributed by atoms with Gasteiger partial charge in [0.1, 0.15) is 18.2 Å². The molecule has 7 nitrogen and oxygen atoms in total. The fourth-order valence-electron chi connectivity index (χ4n) is 4.13. The minimum atomic E-state index is -0.795. The molecule has 0 aromatic heterocycles. The molecule has 1 unspecified atom stereocenters. The first-order chi connectivity index (χ1) is 15.4. The van der Waals surface area contributed by atoms with E-state index in [9.17, 15) is 14.4 Å². The number of amides is 3. The molecular formula is C26H41N3O4. The van der Waals surface area contributed by atoms with Gasteiger partial charge >= 0.3 is 6.09 Å². The summed E-state index contributed by atoms with van der Waals surface area (Å²) >= 11 is 0. The molecule has 1 aromatic carbocycles. The highest BCUT2D eigenvalue weighted by molar-refractivity contribution is 5.91. The van der Waals surface area contributed by atoms with Gasteiger partial charge in [-0.25, -0.2) is 4.79 Å². The molecule has 2 N–H and O–H groups in total. The maximum absolute atomic E-state index is 13.6. The van der Waals surface area contributed by atoms with Crippen LogP contribution in [0.25, 0.3) is 0 Å². The second-order valence-corrected chi connectivity index (χ2v) is 10.4. The van der Waals surface area contributed by atoms with Gasteiger partial charge in [-0.3, -0.25) is 9.59 Å². The molecule has 33 heavy (non-hydrogen) atoms. The molecule has 1 aliphatic carbocycles. The Kier molecular flexibility index (Phi) is 9.32. The summed E-state index contributed by atoms with van der Waals surface area (Å²) < 4.78 is 5.27. The van der Waals surface area contributed by atoms with Crippen molar-refractivity contribution >= 4 is 17.9 Å². The highest BCUT2D eigenvalue weighted by Gasteiger charge is 2.40. The average Bonchev–Trinajstić information content (AvgIpc) is 2.75. The summed E-state index contributed by atoms with van der Waals surface area (Å²) in [5.74, 6) is -0.513. The van der Waals surface area contributed by atoms with E-state index in [1.807, 2.05) is 51.1 Å². The summed E-state index contributed by atoms with van der Waals surface area (Å²) in [4.78, 5) is 40.9. The second kappa shape index (κ2) is 11.5. The first kappa shape index (κ1) is 26.7. The lowest BCUT2D eigenvalue weighted by Crippen LogP contribution is -2.56. The smallest absolute Gasteiger partial charge is 0.408 e. The zero-order valence-corrected chi connectivity index (χ0v) is 21.1. The van der Waals surface area contributed by atoms with Crippen molar-refractivity contribution in [3.63, 3.8) is 0 Å². The zero-order valence-electron chi connectivity index (χ0n) is 21.1. The average molecular weight is 460 g/mol. The van der Waals surface area contributed by atoms with Crippen LogP contribution in [0.15, 0.2) is 30.3 Å². The van der Waals surface area contributed by atoms with Crippen molar-refractivity contribution in [3.05, 3.63) is 35.9 Å². The Morgan fingerprint density at radius 2 is 1.64 bits per heavy atom. The Morgan fingerprint density at radius 3 is 2.18 bits per heavy atom. The SMILES string of the molecule is CCC(C)(C)N(C(=O)CNC(=O)OC(C)(C)C)C(C(=O)NC1CCCCC1)c1ccccc1. The molecule has 1 aliphatic rings. The third kappa shape index (κ3) is 8.06. The summed E-state index contributed by atoms with van der Waals surface area (Å²) in [6.07, 6.45) is 5.29. The van der Waals surface area contributed by atoms with Gasteiger partial charge in [0.05, 0.1) is 0 Å². The molecule has 2 rings (SSSR count). The van der Waals surface area contributed by atoms with Gasteiger partial charge in [0.25, 0.3) is 0 Å². The minimum absolute atomic E-state index is 0.124. The molecule has 0 saturated heterocycles. The molecule has 0 aliphatic heterocycles. The van der Waals surface area contributed by atoms with Crippen LogP contribution >= 0.6 is 0 Å². The number of ether oxygens (including phenoxy) is 1. The van der Waals surface area contributed by atoms with E-state index in [-0.39, 0.29) is 24.4 Å². The molecule has 0 bridgehead atoms. The van der Waals surface area contributed by atoms with Crippen molar-refractivity contribution in [1.29, 1.82) is 0 Å². The quantitative estimate of drug-likeness (QED) is 0.589. The molecule has 3 amide bonds. The molecule has 0 heterocycles. The van der Waals surface area contributed by atoms with E-state index in [4.69, 9.17) is 4.74 Å². The minimum Gasteiger partial charge on any atom is -0.444 e. The summed E-state index contributed by atoms with van der Waals surface area (Å²) in [7, 11) is 0. The number of hydrogen-bond donors (Lipinski definition) is 2. The maximum atomic E-state index is 13.6. The number of carbonyl (C=O) groups excluding carboxylic acids is 3. The van der Waals surface area contributed by atoms with Gasteiger partial charge < -0.3 is 20.3 Å². The Balaban J connectivity index is 2.32. The van der Waals surface area contributed by atoms with E-state index in [0.29, 0.717) is 6.42 Å². The van der Waals surface area contributed by atoms with Crippen LogP contribution in [0.4, 0.5) is 4.79 Å². The molecule has 1 fully saturated rings. The van der Waals surface area contributed by atoms with Crippen LogP contribution in [0.2, 0.25) is 0 Å². The Bertz CT molecular complexity index is 796. The fourth-order valence-corrected chi connectivity index (χ4v) is 4.13. The van der Waals surface area contributed by atoms with E-state index in [2.05, 4.69) is 10.6 Å². The largest absolute Gasteiger partial charge is 0.444 e. The first-order valence-corrected chi connectivity index (χ1v) is 12.1. The number of nitrogens with zero attached hydrogens (tertiary/aromatic N) is 1. The highest BCUT2D eigenvalue weighted by atomic mass is 16.6. The number of rotatable bonds is 8. The number of carbonyl (C=O) groups is 3. The molecule has 1 atom stereocenters. The normalized spacial score (nSPS) is 15.9. The van der Waals surface area contributed by atoms with Crippen LogP contribution in [0, 0.1) is 0 Å². The van der Waals surface area contributed by atoms with Crippen LogP contribution in [0.5, 0.6) is 0 Å². The predicted octanol–water partition coefficient (Wildman–Crippen LogP) is 4.72. The zero-order chi connectivity index (χ0) is 24.6. The Labute approximate surface area is 198 Å². The lowest BCUT2D eigenvalue weighted by Gasteiger charge is -2.43. The molecule has 7 heteroatoms. The van der Waals surface area contributed by atoms with Crippen molar-refractivity contribution < 1.29 is 19.1 Å². The summed E-state index contributed by atoms with van der Waals surface area (Å²) in [5.41, 5.74) is -0.531. The number of alkyl carbamates (subject to hydrolysis) is 1. The third-order valence-electron chi connectivity index (χ3n) is 6.14. The van der Waals surface area contributed by atoms with Gasteiger partial charge in [0, 0.05) is 11.6 Å². The van der Waals surface area contributed by atoms with E-state index >= 15 is 0 Å². The van der Waals surface area contributed by atoms with Crippen molar-refractivity contribution in [2.24, 2.45) is 0 Å². The van der Waals surface area contributed by atoms with Gasteiger partial charge in [-0.2, -0.15) is 0 Å². The molecule has 0 spiro atoms. The Hall–Kier alpha value is -2.57. The van der Waals surface area contributed by atoms with E-state index < -0.39 is 23.3 Å². The topological polar surface area (TPSA) is 87.7 Å². The van der Waals surface area contributed by atoms with Gasteiger partial charge in [-0.15, -0.1) is 0 Å². The van der Waals surface area contributed by atoms with E-state index in [0.717, 1.165) is 31.2 Å². The summed E-state index contributed by atoms with van der Waals surface area (Å²) in [6, 6.07) is 8.71. The maximum Gasteiger partial charge on any atom is 0.408 e. The van der Waals surface area contributed by atoms with Gasteiger partial charge in [-0.05, 0) is 59.4 Å². The van der Waals surface area contributed by atoms with Gasteiger partial charge in [0.2, 0.25) is 11.8 Å². The van der Waals surface area contributed by atoms with Crippen molar-refractivity contribution in [3.8, 4) is 0 Å². The van der Waals surface area contributed by atoms with E-state index in [1.54, 1.807) is 25.7 Å². The molecule has 184 valence electrons. The molecule has 0 radical (unpaired) electrons. The van der Waals surface area contributed by atoms with Crippen LogP contribution in [0.1, 0.15) is 91.7 Å². The first-order valence-electron chi connectivity index (χ1n) is 12.1. The summed E-state index contributed by atoms with van der Waals surface area (Å²) in [5, 5.41) is 5.76. The van der Waals surface area contributed by atoms with Crippen molar-refractivity contribution in [2.75, 3.05) is 6.54 Å².